The van der Waals surface area contributed by atoms with Gasteiger partial charge in [0.05, 0.1) is 71.2 Å². The van der Waals surface area contributed by atoms with Crippen LogP contribution in [0.1, 0.15) is 86.3 Å². The Hall–Kier alpha value is -10.00. The van der Waals surface area contributed by atoms with Gasteiger partial charge in [-0.25, -0.2) is 0 Å². The maximum Gasteiger partial charge on any atom is 0.252 e. The van der Waals surface area contributed by atoms with Crippen LogP contribution in [-0.4, -0.2) is 15.8 Å². The molecule has 0 radical (unpaired) electrons. The van der Waals surface area contributed by atoms with E-state index in [9.17, 15) is 16.4 Å². The predicted molar refractivity (Wildman–Crippen MR) is 422 cm³/mol. The molecule has 15 aromatic rings. The van der Waals surface area contributed by atoms with E-state index in [0.717, 1.165) is 58.3 Å². The van der Waals surface area contributed by atoms with Gasteiger partial charge in [0.25, 0.3) is 6.71 Å². The van der Waals surface area contributed by atoms with Crippen molar-refractivity contribution in [2.24, 2.45) is 0 Å². The second-order valence-electron chi connectivity index (χ2n) is 27.0. The first-order valence-corrected chi connectivity index (χ1v) is 37.0. The van der Waals surface area contributed by atoms with Crippen LogP contribution in [0.3, 0.4) is 0 Å². The largest absolute Gasteiger partial charge is 0.311 e. The SMILES string of the molecule is [2H]c1c([2H])c(-c2ccccc2)c(N2c3cc(C(C)(C)C)cc4c3B(c3c([2H])c([2H])c(-n5c6c(c7ccccc75)SC5c7ccccc7SC65)c([2H])c32)c2c([2H])c([2H])c(-n3c5c(c6ccccc63)SC3c6ccccc6SC53)c([2H])c2N4c2c(-c3ccccc3)c([2H])c([2H])c([2H])c2-c2ccccc2)c(-c2ccccc2)c1[2H]. The summed E-state index contributed by atoms with van der Waals surface area (Å²) in [5.74, 6) is 0. The number of aromatic nitrogens is 2. The third kappa shape index (κ3) is 8.67. The van der Waals surface area contributed by atoms with Crippen LogP contribution in [-0.2, 0) is 5.41 Å². The van der Waals surface area contributed by atoms with Crippen LogP contribution in [0.5, 0.6) is 0 Å². The average molecular weight is 1350 g/mol. The Morgan fingerprint density at radius 2 is 0.737 bits per heavy atom. The Kier molecular flexibility index (Phi) is 10.6. The highest BCUT2D eigenvalue weighted by Gasteiger charge is 2.50. The minimum Gasteiger partial charge on any atom is -0.311 e. The molecule has 0 bridgehead atoms. The summed E-state index contributed by atoms with van der Waals surface area (Å²) in [4.78, 5) is 8.15. The van der Waals surface area contributed by atoms with Crippen molar-refractivity contribution in [3.63, 3.8) is 0 Å². The van der Waals surface area contributed by atoms with Gasteiger partial charge in [-0.05, 0) is 121 Å². The van der Waals surface area contributed by atoms with Gasteiger partial charge >= 0.3 is 0 Å². The molecule has 8 heterocycles. The minimum atomic E-state index is -1.37. The van der Waals surface area contributed by atoms with Crippen molar-refractivity contribution >= 4 is 126 Å². The van der Waals surface area contributed by atoms with Crippen molar-refractivity contribution in [3.8, 4) is 55.9 Å². The highest BCUT2D eigenvalue weighted by atomic mass is 32.2. The third-order valence-electron chi connectivity index (χ3n) is 20.5. The number of anilines is 6. The lowest BCUT2D eigenvalue weighted by molar-refractivity contribution is 0.590. The van der Waals surface area contributed by atoms with E-state index >= 15 is 0 Å². The molecule has 0 saturated heterocycles. The lowest BCUT2D eigenvalue weighted by Gasteiger charge is -2.46. The van der Waals surface area contributed by atoms with Crippen LogP contribution in [0.4, 0.5) is 34.1 Å². The monoisotopic (exact) mass is 1350 g/mol. The Morgan fingerprint density at radius 3 is 1.13 bits per heavy atom. The molecule has 6 aliphatic heterocycles. The van der Waals surface area contributed by atoms with Gasteiger partial charge in [0, 0.05) is 86.7 Å². The highest BCUT2D eigenvalue weighted by molar-refractivity contribution is 8.05. The molecular weight excluding hydrogens is 1280 g/mol. The maximum atomic E-state index is 11.8. The summed E-state index contributed by atoms with van der Waals surface area (Å²) in [6.45, 7) is 4.93. The molecule has 4 nitrogen and oxygen atoms in total. The van der Waals surface area contributed by atoms with Gasteiger partial charge in [-0.15, -0.1) is 47.0 Å². The summed E-state index contributed by atoms with van der Waals surface area (Å²) in [7, 11) is 0. The minimum absolute atomic E-state index is 0.0177. The zero-order valence-electron chi connectivity index (χ0n) is 65.7. The van der Waals surface area contributed by atoms with Crippen LogP contribution < -0.4 is 26.2 Å². The van der Waals surface area contributed by atoms with Crippen molar-refractivity contribution in [1.82, 2.24) is 9.13 Å². The Morgan fingerprint density at radius 1 is 0.374 bits per heavy atom. The van der Waals surface area contributed by atoms with Crippen molar-refractivity contribution < 1.29 is 16.4 Å². The molecule has 0 N–H and O–H groups in total. The zero-order valence-corrected chi connectivity index (χ0v) is 57.0. The number of fused-ring (bicyclic) bond motifs is 18. The number of para-hydroxylation sites is 4. The van der Waals surface area contributed by atoms with E-state index in [1.165, 1.54) is 11.1 Å². The number of nitrogens with zero attached hydrogens (tertiary/aromatic N) is 4. The molecule has 0 amide bonds. The van der Waals surface area contributed by atoms with E-state index in [0.29, 0.717) is 39.1 Å². The molecule has 2 aromatic heterocycles. The van der Waals surface area contributed by atoms with E-state index in [4.69, 9.17) is 0 Å². The molecule has 9 heteroatoms. The van der Waals surface area contributed by atoms with Crippen molar-refractivity contribution in [1.29, 1.82) is 0 Å². The molecule has 4 atom stereocenters. The molecular formula is C90H63BN4S4. The van der Waals surface area contributed by atoms with Crippen LogP contribution in [0.15, 0.2) is 323 Å². The lowest BCUT2D eigenvalue weighted by Crippen LogP contribution is -2.61. The van der Waals surface area contributed by atoms with Gasteiger partial charge in [-0.3, -0.25) is 0 Å². The van der Waals surface area contributed by atoms with Crippen LogP contribution >= 0.6 is 47.0 Å². The number of thioether (sulfide) groups is 4. The summed E-state index contributed by atoms with van der Waals surface area (Å²) >= 11 is 7.05. The average Bonchev–Trinajstić information content (AvgIpc) is 1.48. The fourth-order valence-electron chi connectivity index (χ4n) is 16.1. The first kappa shape index (κ1) is 47.1. The number of benzene rings is 13. The van der Waals surface area contributed by atoms with Gasteiger partial charge in [-0.1, -0.05) is 263 Å². The Bertz CT molecular complexity index is 6100. The molecule has 0 spiro atoms. The lowest BCUT2D eigenvalue weighted by atomic mass is 9.33. The second kappa shape index (κ2) is 22.3. The van der Waals surface area contributed by atoms with E-state index in [-0.39, 0.29) is 161 Å². The molecule has 0 fully saturated rings. The number of hydrogen-bond acceptors (Lipinski definition) is 6. The predicted octanol–water partition coefficient (Wildman–Crippen LogP) is 23.6. The summed E-state index contributed by atoms with van der Waals surface area (Å²) in [5.41, 5.74) is 11.0. The zero-order chi connectivity index (χ0) is 75.8. The number of rotatable bonds is 8. The standard InChI is InChI=1S/C90H63BN4S4/c1-90(2,3)58-50-75-79-76(51-58)95(81-63(56-30-12-6-13-31-56)40-25-41-64(81)57-32-14-7-15-33-57)74-53-60(93-72-43-21-17-35-66(72)85-83(93)89-87(99-85)68-37-19-23-45-78(68)97-89)47-49-70(74)91(79)69-48-46-59(92-71-42-20-16-34-65(71)84-82(92)88-86(98-84)67-36-18-22-44-77(67)96-88)52-73(69)94(75)80-61(54-26-8-4-9-27-54)38-24-39-62(80)55-28-10-5-11-29-55/h4-53,86-89H,1-3H3/i24D,25D,38D,39D,40D,41D,46D,47D,48D,49D,52D,53D. The van der Waals surface area contributed by atoms with Crippen LogP contribution in [0.2, 0.25) is 0 Å². The molecule has 470 valence electrons. The first-order valence-electron chi connectivity index (χ1n) is 39.5. The van der Waals surface area contributed by atoms with Gasteiger partial charge in [-0.2, -0.15) is 0 Å². The topological polar surface area (TPSA) is 16.3 Å². The van der Waals surface area contributed by atoms with Crippen molar-refractivity contribution in [2.75, 3.05) is 9.80 Å². The molecule has 99 heavy (non-hydrogen) atoms. The fraction of sp³-hybridized carbons (Fsp3) is 0.0889. The van der Waals surface area contributed by atoms with E-state index in [2.05, 4.69) is 81.4 Å². The van der Waals surface area contributed by atoms with E-state index in [1.54, 1.807) is 47.0 Å². The summed E-state index contributed by atoms with van der Waals surface area (Å²) < 4.78 is 135. The van der Waals surface area contributed by atoms with Crippen LogP contribution in [0.25, 0.3) is 77.7 Å². The fourth-order valence-corrected chi connectivity index (χ4v) is 22.8. The first-order chi connectivity index (χ1) is 53.8. The Balaban J connectivity index is 0.975. The van der Waals surface area contributed by atoms with Crippen molar-refractivity contribution in [2.45, 2.75) is 66.8 Å². The molecule has 21 rings (SSSR count). The quantitative estimate of drug-likeness (QED) is 0.140. The highest BCUT2D eigenvalue weighted by Crippen LogP contribution is 2.70. The third-order valence-corrected chi connectivity index (χ3v) is 26.5. The van der Waals surface area contributed by atoms with E-state index < -0.39 is 12.1 Å². The smallest absolute Gasteiger partial charge is 0.252 e. The Labute approximate surface area is 611 Å². The molecule has 6 aliphatic rings. The van der Waals surface area contributed by atoms with Gasteiger partial charge in [0.2, 0.25) is 0 Å². The molecule has 4 unspecified atom stereocenters. The summed E-state index contributed by atoms with van der Waals surface area (Å²) in [6.07, 6.45) is 0. The van der Waals surface area contributed by atoms with Gasteiger partial charge in [0.1, 0.15) is 0 Å². The van der Waals surface area contributed by atoms with Gasteiger partial charge in [0.15, 0.2) is 0 Å². The normalized spacial score (nSPS) is 18.9. The molecule has 0 aliphatic carbocycles. The van der Waals surface area contributed by atoms with E-state index in [1.807, 2.05) is 189 Å². The molecule has 0 saturated carbocycles. The van der Waals surface area contributed by atoms with Gasteiger partial charge < -0.3 is 18.9 Å². The maximum absolute atomic E-state index is 11.8. The molecule has 13 aromatic carbocycles. The number of hydrogen-bond donors (Lipinski definition) is 0. The van der Waals surface area contributed by atoms with Crippen molar-refractivity contribution in [3.05, 3.63) is 331 Å². The summed E-state index contributed by atoms with van der Waals surface area (Å²) in [6, 6.07) is 71.3. The second-order valence-corrected chi connectivity index (χ2v) is 31.7. The summed E-state index contributed by atoms with van der Waals surface area (Å²) in [5, 5.41) is 1.45. The van der Waals surface area contributed by atoms with Crippen LogP contribution in [0, 0.1) is 0 Å².